The number of anilines is 3. The summed E-state index contributed by atoms with van der Waals surface area (Å²) in [5, 5.41) is 18.9. The van der Waals surface area contributed by atoms with E-state index in [9.17, 15) is 4.79 Å². The highest BCUT2D eigenvalue weighted by molar-refractivity contribution is 5.92. The molecule has 0 saturated heterocycles. The Morgan fingerprint density at radius 2 is 1.62 bits per heavy atom. The molecular formula is C24H24N6O2. The van der Waals surface area contributed by atoms with Gasteiger partial charge < -0.3 is 15.4 Å². The third-order valence-corrected chi connectivity index (χ3v) is 4.71. The van der Waals surface area contributed by atoms with Gasteiger partial charge in [-0.25, -0.2) is 4.68 Å². The fourth-order valence-electron chi connectivity index (χ4n) is 3.13. The largest absolute Gasteiger partial charge is 0.484 e. The van der Waals surface area contributed by atoms with Crippen LogP contribution >= 0.6 is 0 Å². The second kappa shape index (κ2) is 9.30. The number of hydrogen-bond donors (Lipinski definition) is 2. The average molecular weight is 428 g/mol. The van der Waals surface area contributed by atoms with Gasteiger partial charge >= 0.3 is 0 Å². The van der Waals surface area contributed by atoms with Crippen molar-refractivity contribution in [2.75, 3.05) is 17.2 Å². The Bertz CT molecular complexity index is 1200. The van der Waals surface area contributed by atoms with Gasteiger partial charge in [-0.3, -0.25) is 4.79 Å². The topological polar surface area (TPSA) is 94.0 Å². The van der Waals surface area contributed by atoms with Crippen molar-refractivity contribution >= 4 is 23.1 Å². The standard InChI is InChI=1S/C24H24N6O2/c1-16-4-10-21(11-5-16)32-15-24(31)26-20-8-6-19(7-9-20)25-22-12-13-23(28-27-22)30-18(3)14-17(2)29-30/h4-14H,15H2,1-3H3,(H,25,27)(H,26,31). The summed E-state index contributed by atoms with van der Waals surface area (Å²) in [6, 6.07) is 20.6. The van der Waals surface area contributed by atoms with E-state index in [-0.39, 0.29) is 12.5 Å². The molecule has 0 aliphatic rings. The fraction of sp³-hybridized carbons (Fsp3) is 0.167. The summed E-state index contributed by atoms with van der Waals surface area (Å²) in [6.07, 6.45) is 0. The van der Waals surface area contributed by atoms with Crippen LogP contribution in [0.3, 0.4) is 0 Å². The lowest BCUT2D eigenvalue weighted by molar-refractivity contribution is -0.118. The van der Waals surface area contributed by atoms with Gasteiger partial charge in [0.15, 0.2) is 18.2 Å². The van der Waals surface area contributed by atoms with Crippen LogP contribution in [0.15, 0.2) is 66.7 Å². The number of carbonyl (C=O) groups excluding carboxylic acids is 1. The molecular weight excluding hydrogens is 404 g/mol. The summed E-state index contributed by atoms with van der Waals surface area (Å²) in [5.74, 6) is 1.71. The maximum atomic E-state index is 12.1. The summed E-state index contributed by atoms with van der Waals surface area (Å²) < 4.78 is 7.26. The fourth-order valence-corrected chi connectivity index (χ4v) is 3.13. The molecule has 162 valence electrons. The van der Waals surface area contributed by atoms with Crippen LogP contribution in [-0.4, -0.2) is 32.5 Å². The summed E-state index contributed by atoms with van der Waals surface area (Å²) in [4.78, 5) is 12.1. The monoisotopic (exact) mass is 428 g/mol. The van der Waals surface area contributed by atoms with E-state index in [2.05, 4.69) is 25.9 Å². The number of hydrogen-bond acceptors (Lipinski definition) is 6. The van der Waals surface area contributed by atoms with Crippen molar-refractivity contribution < 1.29 is 9.53 Å². The summed E-state index contributed by atoms with van der Waals surface area (Å²) in [6.45, 7) is 5.86. The van der Waals surface area contributed by atoms with Crippen molar-refractivity contribution in [3.05, 3.63) is 83.7 Å². The van der Waals surface area contributed by atoms with Crippen LogP contribution in [0.1, 0.15) is 17.0 Å². The lowest BCUT2D eigenvalue weighted by atomic mass is 10.2. The van der Waals surface area contributed by atoms with Gasteiger partial charge in [0.25, 0.3) is 5.91 Å². The first-order chi connectivity index (χ1) is 15.5. The highest BCUT2D eigenvalue weighted by Gasteiger charge is 2.07. The van der Waals surface area contributed by atoms with Gasteiger partial charge in [-0.05, 0) is 75.4 Å². The Morgan fingerprint density at radius 1 is 0.906 bits per heavy atom. The maximum absolute atomic E-state index is 12.1. The van der Waals surface area contributed by atoms with Crippen LogP contribution in [0.4, 0.5) is 17.2 Å². The predicted octanol–water partition coefficient (Wildman–Crippen LogP) is 4.35. The number of nitrogens with one attached hydrogen (secondary N) is 2. The molecule has 32 heavy (non-hydrogen) atoms. The van der Waals surface area contributed by atoms with Crippen LogP contribution in [-0.2, 0) is 4.79 Å². The van der Waals surface area contributed by atoms with Gasteiger partial charge in [-0.15, -0.1) is 10.2 Å². The van der Waals surface area contributed by atoms with Gasteiger partial charge in [0, 0.05) is 17.1 Å². The van der Waals surface area contributed by atoms with E-state index in [0.717, 1.165) is 22.6 Å². The maximum Gasteiger partial charge on any atom is 0.262 e. The number of aromatic nitrogens is 4. The highest BCUT2D eigenvalue weighted by Crippen LogP contribution is 2.18. The molecule has 0 saturated carbocycles. The van der Waals surface area contributed by atoms with Crippen molar-refractivity contribution in [1.29, 1.82) is 0 Å². The lowest BCUT2D eigenvalue weighted by Gasteiger charge is -2.09. The molecule has 0 unspecified atom stereocenters. The number of nitrogens with zero attached hydrogens (tertiary/aromatic N) is 4. The molecule has 0 fully saturated rings. The Kier molecular flexibility index (Phi) is 6.12. The van der Waals surface area contributed by atoms with Crippen molar-refractivity contribution in [3.8, 4) is 11.6 Å². The minimum Gasteiger partial charge on any atom is -0.484 e. The Morgan fingerprint density at radius 3 is 2.25 bits per heavy atom. The Balaban J connectivity index is 1.31. The molecule has 0 bridgehead atoms. The van der Waals surface area contributed by atoms with E-state index in [0.29, 0.717) is 23.1 Å². The molecule has 4 rings (SSSR count). The van der Waals surface area contributed by atoms with E-state index in [1.807, 2.05) is 87.5 Å². The van der Waals surface area contributed by atoms with E-state index >= 15 is 0 Å². The minimum absolute atomic E-state index is 0.0553. The Labute approximate surface area is 186 Å². The number of aryl methyl sites for hydroxylation is 3. The van der Waals surface area contributed by atoms with Crippen LogP contribution in [0, 0.1) is 20.8 Å². The van der Waals surface area contributed by atoms with Crippen molar-refractivity contribution in [3.63, 3.8) is 0 Å². The van der Waals surface area contributed by atoms with Crippen molar-refractivity contribution in [1.82, 2.24) is 20.0 Å². The molecule has 0 spiro atoms. The lowest BCUT2D eigenvalue weighted by Crippen LogP contribution is -2.20. The van der Waals surface area contributed by atoms with Crippen molar-refractivity contribution in [2.45, 2.75) is 20.8 Å². The highest BCUT2D eigenvalue weighted by atomic mass is 16.5. The van der Waals surface area contributed by atoms with Crippen LogP contribution < -0.4 is 15.4 Å². The molecule has 4 aromatic rings. The van der Waals surface area contributed by atoms with E-state index < -0.39 is 0 Å². The molecule has 2 aromatic carbocycles. The van der Waals surface area contributed by atoms with Crippen LogP contribution in [0.5, 0.6) is 5.75 Å². The van der Waals surface area contributed by atoms with Crippen LogP contribution in [0.25, 0.3) is 5.82 Å². The second-order valence-corrected chi connectivity index (χ2v) is 7.47. The summed E-state index contributed by atoms with van der Waals surface area (Å²) in [7, 11) is 0. The average Bonchev–Trinajstić information content (AvgIpc) is 3.13. The predicted molar refractivity (Wildman–Crippen MR) is 124 cm³/mol. The molecule has 0 atom stereocenters. The van der Waals surface area contributed by atoms with E-state index in [1.54, 1.807) is 4.68 Å². The van der Waals surface area contributed by atoms with E-state index in [4.69, 9.17) is 4.74 Å². The third-order valence-electron chi connectivity index (χ3n) is 4.71. The number of rotatable bonds is 7. The number of carbonyl (C=O) groups is 1. The van der Waals surface area contributed by atoms with Crippen molar-refractivity contribution in [2.24, 2.45) is 0 Å². The molecule has 2 aromatic heterocycles. The zero-order chi connectivity index (χ0) is 22.5. The van der Waals surface area contributed by atoms with E-state index in [1.165, 1.54) is 0 Å². The Hall–Kier alpha value is -4.20. The second-order valence-electron chi connectivity index (χ2n) is 7.47. The molecule has 2 heterocycles. The summed E-state index contributed by atoms with van der Waals surface area (Å²) >= 11 is 0. The quantitative estimate of drug-likeness (QED) is 0.455. The normalized spacial score (nSPS) is 10.6. The molecule has 0 aliphatic carbocycles. The number of benzene rings is 2. The first-order valence-electron chi connectivity index (χ1n) is 10.2. The number of ether oxygens (including phenoxy) is 1. The molecule has 2 N–H and O–H groups in total. The van der Waals surface area contributed by atoms with Gasteiger partial charge in [-0.2, -0.15) is 5.10 Å². The molecule has 1 amide bonds. The zero-order valence-electron chi connectivity index (χ0n) is 18.2. The van der Waals surface area contributed by atoms with Gasteiger partial charge in [0.1, 0.15) is 5.75 Å². The minimum atomic E-state index is -0.225. The first-order valence-corrected chi connectivity index (χ1v) is 10.2. The molecule has 0 aliphatic heterocycles. The van der Waals surface area contributed by atoms with Gasteiger partial charge in [0.2, 0.25) is 0 Å². The van der Waals surface area contributed by atoms with Gasteiger partial charge in [0.05, 0.1) is 5.69 Å². The molecule has 8 nitrogen and oxygen atoms in total. The molecule has 0 radical (unpaired) electrons. The van der Waals surface area contributed by atoms with Crippen LogP contribution in [0.2, 0.25) is 0 Å². The molecule has 8 heteroatoms. The first kappa shape index (κ1) is 21.0. The SMILES string of the molecule is Cc1ccc(OCC(=O)Nc2ccc(Nc3ccc(-n4nc(C)cc4C)nn3)cc2)cc1. The zero-order valence-corrected chi connectivity index (χ0v) is 18.2. The smallest absolute Gasteiger partial charge is 0.262 e. The van der Waals surface area contributed by atoms with Gasteiger partial charge in [-0.1, -0.05) is 17.7 Å². The summed E-state index contributed by atoms with van der Waals surface area (Å²) in [5.41, 5.74) is 4.58. The number of amides is 1. The third kappa shape index (κ3) is 5.28.